The van der Waals surface area contributed by atoms with Gasteiger partial charge in [0, 0.05) is 13.1 Å². The van der Waals surface area contributed by atoms with Crippen LogP contribution in [0.4, 0.5) is 4.79 Å². The van der Waals surface area contributed by atoms with E-state index >= 15 is 0 Å². The fourth-order valence-electron chi connectivity index (χ4n) is 2.94. The maximum Gasteiger partial charge on any atom is 0.325 e. The molecular weight excluding hydrogens is 258 g/mol. The molecule has 6 heteroatoms. The van der Waals surface area contributed by atoms with Gasteiger partial charge >= 0.3 is 6.03 Å². The molecule has 3 unspecified atom stereocenters. The predicted molar refractivity (Wildman–Crippen MR) is 75.1 cm³/mol. The zero-order valence-electron chi connectivity index (χ0n) is 12.8. The first kappa shape index (κ1) is 15.3. The normalized spacial score (nSPS) is 32.0. The van der Waals surface area contributed by atoms with Gasteiger partial charge in [-0.25, -0.2) is 9.69 Å². The Balaban J connectivity index is 1.95. The first-order valence-corrected chi connectivity index (χ1v) is 7.36. The number of carbonyl (C=O) groups excluding carboxylic acids is 2. The molecule has 114 valence electrons. The molecule has 2 rings (SSSR count). The number of ether oxygens (including phenoxy) is 1. The molecule has 1 N–H and O–H groups in total. The lowest BCUT2D eigenvalue weighted by Crippen LogP contribution is -2.51. The fourth-order valence-corrected chi connectivity index (χ4v) is 2.94. The van der Waals surface area contributed by atoms with Gasteiger partial charge in [-0.15, -0.1) is 0 Å². The summed E-state index contributed by atoms with van der Waals surface area (Å²) in [6.45, 7) is 9.97. The van der Waals surface area contributed by atoms with Crippen LogP contribution in [0.25, 0.3) is 0 Å². The topological polar surface area (TPSA) is 61.9 Å². The monoisotopic (exact) mass is 283 g/mol. The number of carbonyl (C=O) groups is 2. The number of morpholine rings is 1. The van der Waals surface area contributed by atoms with Gasteiger partial charge in [0.15, 0.2) is 0 Å². The molecule has 2 saturated heterocycles. The highest BCUT2D eigenvalue weighted by Crippen LogP contribution is 2.17. The zero-order valence-corrected chi connectivity index (χ0v) is 12.8. The maximum atomic E-state index is 12.3. The van der Waals surface area contributed by atoms with Crippen molar-refractivity contribution in [2.75, 3.05) is 19.8 Å². The van der Waals surface area contributed by atoms with E-state index in [1.165, 1.54) is 4.90 Å². The molecule has 20 heavy (non-hydrogen) atoms. The molecule has 2 aliphatic heterocycles. The highest BCUT2D eigenvalue weighted by Gasteiger charge is 2.39. The van der Waals surface area contributed by atoms with Crippen molar-refractivity contribution in [3.05, 3.63) is 0 Å². The lowest BCUT2D eigenvalue weighted by Gasteiger charge is -2.36. The summed E-state index contributed by atoms with van der Waals surface area (Å²) in [4.78, 5) is 27.7. The Morgan fingerprint density at radius 1 is 1.25 bits per heavy atom. The lowest BCUT2D eigenvalue weighted by molar-refractivity contribution is -0.132. The number of nitrogens with zero attached hydrogens (tertiary/aromatic N) is 2. The van der Waals surface area contributed by atoms with E-state index in [1.54, 1.807) is 0 Å². The Labute approximate surface area is 120 Å². The standard InChI is InChI=1S/C14H25N3O3/c1-9(2)5-12-13(18)17(14(19)15-12)8-16-6-10(3)20-11(4)7-16/h9-12H,5-8H2,1-4H3,(H,15,19). The van der Waals surface area contributed by atoms with Gasteiger partial charge < -0.3 is 10.1 Å². The van der Waals surface area contributed by atoms with Crippen molar-refractivity contribution < 1.29 is 14.3 Å². The third kappa shape index (κ3) is 3.49. The molecule has 6 nitrogen and oxygen atoms in total. The molecule has 2 heterocycles. The van der Waals surface area contributed by atoms with E-state index in [0.29, 0.717) is 19.0 Å². The summed E-state index contributed by atoms with van der Waals surface area (Å²) in [6, 6.07) is -0.633. The van der Waals surface area contributed by atoms with E-state index in [2.05, 4.69) is 10.2 Å². The van der Waals surface area contributed by atoms with Gasteiger partial charge in [-0.1, -0.05) is 13.8 Å². The minimum Gasteiger partial charge on any atom is -0.373 e. The largest absolute Gasteiger partial charge is 0.373 e. The van der Waals surface area contributed by atoms with E-state index < -0.39 is 0 Å². The minimum atomic E-state index is -0.363. The molecule has 0 spiro atoms. The van der Waals surface area contributed by atoms with E-state index in [9.17, 15) is 9.59 Å². The molecule has 3 amide bonds. The zero-order chi connectivity index (χ0) is 14.9. The number of hydrogen-bond donors (Lipinski definition) is 1. The summed E-state index contributed by atoms with van der Waals surface area (Å²) in [5, 5.41) is 2.78. The number of urea groups is 1. The molecule has 2 fully saturated rings. The second-order valence-electron chi connectivity index (χ2n) is 6.33. The molecule has 3 atom stereocenters. The van der Waals surface area contributed by atoms with Crippen LogP contribution in [-0.4, -0.2) is 59.7 Å². The average molecular weight is 283 g/mol. The van der Waals surface area contributed by atoms with Crippen molar-refractivity contribution in [2.24, 2.45) is 5.92 Å². The summed E-state index contributed by atoms with van der Waals surface area (Å²) in [5.41, 5.74) is 0. The number of nitrogens with one attached hydrogen (secondary N) is 1. The van der Waals surface area contributed by atoms with Crippen LogP contribution >= 0.6 is 0 Å². The van der Waals surface area contributed by atoms with Gasteiger partial charge in [0.25, 0.3) is 5.91 Å². The van der Waals surface area contributed by atoms with Gasteiger partial charge in [0.05, 0.1) is 18.9 Å². The molecular formula is C14H25N3O3. The Morgan fingerprint density at radius 3 is 2.40 bits per heavy atom. The van der Waals surface area contributed by atoms with Crippen LogP contribution in [0.3, 0.4) is 0 Å². The van der Waals surface area contributed by atoms with Gasteiger partial charge in [0.1, 0.15) is 6.04 Å². The van der Waals surface area contributed by atoms with Crippen molar-refractivity contribution in [3.63, 3.8) is 0 Å². The second kappa shape index (κ2) is 6.10. The van der Waals surface area contributed by atoms with E-state index in [-0.39, 0.29) is 30.2 Å². The number of hydrogen-bond acceptors (Lipinski definition) is 4. The van der Waals surface area contributed by atoms with Crippen LogP contribution in [0.15, 0.2) is 0 Å². The van der Waals surface area contributed by atoms with Gasteiger partial charge in [0.2, 0.25) is 0 Å². The highest BCUT2D eigenvalue weighted by atomic mass is 16.5. The summed E-state index contributed by atoms with van der Waals surface area (Å²) in [5.74, 6) is 0.281. The summed E-state index contributed by atoms with van der Waals surface area (Å²) < 4.78 is 5.66. The van der Waals surface area contributed by atoms with Crippen LogP contribution < -0.4 is 5.32 Å². The van der Waals surface area contributed by atoms with Crippen molar-refractivity contribution in [1.82, 2.24) is 15.1 Å². The van der Waals surface area contributed by atoms with Crippen molar-refractivity contribution >= 4 is 11.9 Å². The number of imide groups is 1. The molecule has 0 aromatic heterocycles. The molecule has 0 saturated carbocycles. The average Bonchev–Trinajstić information content (AvgIpc) is 2.55. The first-order chi connectivity index (χ1) is 9.36. The Hall–Kier alpha value is -1.14. The summed E-state index contributed by atoms with van der Waals surface area (Å²) in [7, 11) is 0. The Bertz CT molecular complexity index is 376. The molecule has 2 aliphatic rings. The van der Waals surface area contributed by atoms with Gasteiger partial charge in [-0.05, 0) is 26.2 Å². The minimum absolute atomic E-state index is 0.101. The predicted octanol–water partition coefficient (Wildman–Crippen LogP) is 1.02. The maximum absolute atomic E-state index is 12.3. The van der Waals surface area contributed by atoms with Crippen molar-refractivity contribution in [1.29, 1.82) is 0 Å². The van der Waals surface area contributed by atoms with E-state index in [1.807, 2.05) is 27.7 Å². The smallest absolute Gasteiger partial charge is 0.325 e. The lowest BCUT2D eigenvalue weighted by atomic mass is 10.0. The van der Waals surface area contributed by atoms with Crippen LogP contribution in [-0.2, 0) is 9.53 Å². The number of amides is 3. The summed E-state index contributed by atoms with van der Waals surface area (Å²) in [6.07, 6.45) is 0.953. The first-order valence-electron chi connectivity index (χ1n) is 7.36. The number of rotatable bonds is 4. The van der Waals surface area contributed by atoms with Crippen molar-refractivity contribution in [3.8, 4) is 0 Å². The summed E-state index contributed by atoms with van der Waals surface area (Å²) >= 11 is 0. The Kier molecular flexibility index (Phi) is 4.65. The highest BCUT2D eigenvalue weighted by molar-refractivity contribution is 6.04. The third-order valence-corrected chi connectivity index (χ3v) is 3.65. The second-order valence-corrected chi connectivity index (χ2v) is 6.33. The fraction of sp³-hybridized carbons (Fsp3) is 0.857. The molecule has 0 aliphatic carbocycles. The van der Waals surface area contributed by atoms with Crippen LogP contribution in [0.5, 0.6) is 0 Å². The van der Waals surface area contributed by atoms with Crippen LogP contribution in [0.2, 0.25) is 0 Å². The van der Waals surface area contributed by atoms with Crippen molar-refractivity contribution in [2.45, 2.75) is 52.4 Å². The van der Waals surface area contributed by atoms with Gasteiger partial charge in [-0.2, -0.15) is 0 Å². The van der Waals surface area contributed by atoms with Gasteiger partial charge in [-0.3, -0.25) is 9.69 Å². The van der Waals surface area contributed by atoms with Crippen LogP contribution in [0.1, 0.15) is 34.1 Å². The molecule has 0 bridgehead atoms. The van der Waals surface area contributed by atoms with E-state index in [4.69, 9.17) is 4.74 Å². The third-order valence-electron chi connectivity index (χ3n) is 3.65. The molecule has 0 aromatic rings. The Morgan fingerprint density at radius 2 is 1.85 bits per heavy atom. The quantitative estimate of drug-likeness (QED) is 0.783. The van der Waals surface area contributed by atoms with Crippen LogP contribution in [0, 0.1) is 5.92 Å². The SMILES string of the molecule is CC(C)CC1NC(=O)N(CN2CC(C)OC(C)C2)C1=O. The van der Waals surface area contributed by atoms with E-state index in [0.717, 1.165) is 13.1 Å². The molecule has 0 aromatic carbocycles. The molecule has 0 radical (unpaired) electrons.